The molecule has 1 saturated heterocycles. The molecule has 1 aromatic carbocycles. The number of alkyl halides is 3. The summed E-state index contributed by atoms with van der Waals surface area (Å²) < 4.78 is 41.2. The number of carbonyl (C=O) groups excluding carboxylic acids is 2. The van der Waals surface area contributed by atoms with Gasteiger partial charge in [-0.25, -0.2) is 19.7 Å². The summed E-state index contributed by atoms with van der Waals surface area (Å²) in [5.41, 5.74) is 0.905. The molecule has 0 atom stereocenters. The molecule has 10 nitrogen and oxygen atoms in total. The molecule has 5 rings (SSSR count). The van der Waals surface area contributed by atoms with E-state index in [0.717, 1.165) is 10.9 Å². The highest BCUT2D eigenvalue weighted by Gasteiger charge is 2.38. The summed E-state index contributed by atoms with van der Waals surface area (Å²) in [6.45, 7) is 4.65. The Labute approximate surface area is 210 Å². The summed E-state index contributed by atoms with van der Waals surface area (Å²) in [6, 6.07) is 6.21. The van der Waals surface area contributed by atoms with E-state index in [-0.39, 0.29) is 17.4 Å². The zero-order valence-corrected chi connectivity index (χ0v) is 20.3. The van der Waals surface area contributed by atoms with Crippen LogP contribution in [-0.2, 0) is 12.7 Å². The first kappa shape index (κ1) is 24.7. The Kier molecular flexibility index (Phi) is 6.31. The summed E-state index contributed by atoms with van der Waals surface area (Å²) >= 11 is 0. The zero-order chi connectivity index (χ0) is 26.3. The number of rotatable bonds is 5. The van der Waals surface area contributed by atoms with Crippen LogP contribution in [0.25, 0.3) is 10.9 Å². The quantitative estimate of drug-likeness (QED) is 0.539. The molecule has 3 amide bonds. The van der Waals surface area contributed by atoms with Crippen LogP contribution in [0.2, 0.25) is 0 Å². The van der Waals surface area contributed by atoms with E-state index in [4.69, 9.17) is 0 Å². The van der Waals surface area contributed by atoms with Crippen molar-refractivity contribution in [3.63, 3.8) is 0 Å². The normalized spacial score (nSPS) is 16.2. The summed E-state index contributed by atoms with van der Waals surface area (Å²) in [4.78, 5) is 41.9. The van der Waals surface area contributed by atoms with Crippen LogP contribution in [0, 0.1) is 0 Å². The molecule has 13 heteroatoms. The first-order valence-corrected chi connectivity index (χ1v) is 11.8. The monoisotopic (exact) mass is 514 g/mol. The molecule has 2 aromatic heterocycles. The fourth-order valence-corrected chi connectivity index (χ4v) is 4.77. The van der Waals surface area contributed by atoms with Gasteiger partial charge in [0.05, 0.1) is 22.3 Å². The molecular formula is C24H25F3N8O2. The molecule has 1 fully saturated rings. The Balaban J connectivity index is 1.33. The highest BCUT2D eigenvalue weighted by molar-refractivity contribution is 6.17. The van der Waals surface area contributed by atoms with Gasteiger partial charge in [0.1, 0.15) is 17.8 Å². The van der Waals surface area contributed by atoms with E-state index in [1.807, 2.05) is 19.1 Å². The fraction of sp³-hybridized carbons (Fsp3) is 0.375. The minimum Gasteiger partial charge on any atom is -0.367 e. The average molecular weight is 515 g/mol. The van der Waals surface area contributed by atoms with Gasteiger partial charge < -0.3 is 15.5 Å². The van der Waals surface area contributed by atoms with Crippen molar-refractivity contribution in [2.24, 2.45) is 0 Å². The molecule has 2 aliphatic heterocycles. The highest BCUT2D eigenvalue weighted by atomic mass is 19.4. The number of carbonyl (C=O) groups is 2. The number of urea groups is 1. The summed E-state index contributed by atoms with van der Waals surface area (Å²) in [5.74, 6) is -0.102. The van der Waals surface area contributed by atoms with Gasteiger partial charge in [-0.1, -0.05) is 0 Å². The van der Waals surface area contributed by atoms with Crippen LogP contribution in [-0.4, -0.2) is 71.6 Å². The number of piperazine rings is 1. The molecule has 2 N–H and O–H groups in total. The van der Waals surface area contributed by atoms with Crippen LogP contribution in [0.15, 0.2) is 30.6 Å². The van der Waals surface area contributed by atoms with Crippen LogP contribution in [0.3, 0.4) is 0 Å². The van der Waals surface area contributed by atoms with Crippen molar-refractivity contribution < 1.29 is 22.8 Å². The Morgan fingerprint density at radius 2 is 1.89 bits per heavy atom. The Morgan fingerprint density at radius 1 is 1.14 bits per heavy atom. The summed E-state index contributed by atoms with van der Waals surface area (Å²) in [7, 11) is 1.34. The molecular weight excluding hydrogens is 489 g/mol. The van der Waals surface area contributed by atoms with Crippen molar-refractivity contribution in [2.45, 2.75) is 19.6 Å². The number of anilines is 3. The zero-order valence-electron chi connectivity index (χ0n) is 20.3. The van der Waals surface area contributed by atoms with Crippen molar-refractivity contribution in [1.29, 1.82) is 0 Å². The number of nitrogens with zero attached hydrogens (tertiary/aromatic N) is 6. The molecule has 194 valence electrons. The highest BCUT2D eigenvalue weighted by Crippen LogP contribution is 2.37. The van der Waals surface area contributed by atoms with Crippen LogP contribution >= 0.6 is 0 Å². The van der Waals surface area contributed by atoms with Gasteiger partial charge in [0.2, 0.25) is 0 Å². The smallest absolute Gasteiger partial charge is 0.367 e. The van der Waals surface area contributed by atoms with Crippen LogP contribution < -0.4 is 20.4 Å². The first-order chi connectivity index (χ1) is 17.7. The van der Waals surface area contributed by atoms with Crippen molar-refractivity contribution >= 4 is 40.0 Å². The fourth-order valence-electron chi connectivity index (χ4n) is 4.77. The van der Waals surface area contributed by atoms with Crippen molar-refractivity contribution in [1.82, 2.24) is 25.2 Å². The Hall–Kier alpha value is -4.00. The lowest BCUT2D eigenvalue weighted by Gasteiger charge is -2.37. The lowest BCUT2D eigenvalue weighted by atomic mass is 10.1. The number of halogens is 3. The summed E-state index contributed by atoms with van der Waals surface area (Å²) in [6.07, 6.45) is -3.26. The lowest BCUT2D eigenvalue weighted by Crippen LogP contribution is -2.46. The van der Waals surface area contributed by atoms with Crippen molar-refractivity contribution in [2.75, 3.05) is 54.9 Å². The number of hydrogen-bond donors (Lipinski definition) is 2. The predicted molar refractivity (Wildman–Crippen MR) is 132 cm³/mol. The largest absolute Gasteiger partial charge is 0.435 e. The van der Waals surface area contributed by atoms with E-state index < -0.39 is 17.8 Å². The molecule has 0 spiro atoms. The third-order valence-corrected chi connectivity index (χ3v) is 6.56. The maximum atomic E-state index is 13.7. The SMILES string of the molecule is CCN1C(=O)Nc2cc(CN3CCN(c4ccc(C(=O)NC)nc4C(F)(F)F)CC3)cc3ncnc1c23. The minimum absolute atomic E-state index is 0.0395. The van der Waals surface area contributed by atoms with E-state index in [2.05, 4.69) is 30.5 Å². The van der Waals surface area contributed by atoms with Gasteiger partial charge in [0.25, 0.3) is 5.91 Å². The lowest BCUT2D eigenvalue weighted by molar-refractivity contribution is -0.140. The van der Waals surface area contributed by atoms with Gasteiger partial charge in [0.15, 0.2) is 5.69 Å². The van der Waals surface area contributed by atoms with Gasteiger partial charge in [-0.15, -0.1) is 0 Å². The number of hydrogen-bond acceptors (Lipinski definition) is 7. The molecule has 0 bridgehead atoms. The number of benzene rings is 1. The van der Waals surface area contributed by atoms with Gasteiger partial charge in [0, 0.05) is 46.3 Å². The topological polar surface area (TPSA) is 107 Å². The van der Waals surface area contributed by atoms with E-state index in [0.29, 0.717) is 56.3 Å². The Morgan fingerprint density at radius 3 is 2.57 bits per heavy atom. The molecule has 0 saturated carbocycles. The minimum atomic E-state index is -4.69. The molecule has 3 aromatic rings. The van der Waals surface area contributed by atoms with Gasteiger partial charge in [-0.3, -0.25) is 14.6 Å². The standard InChI is InChI=1S/C24H25F3N8O2/c1-3-35-21-19-16(29-13-30-21)10-14(11-17(19)32-23(35)37)12-33-6-8-34(9-7-33)18-5-4-15(22(36)28-2)31-20(18)24(25,26)27/h4-5,10-11,13H,3,6-9,12H2,1-2H3,(H,28,36)(H,32,37). The maximum Gasteiger partial charge on any atom is 0.435 e. The average Bonchev–Trinajstić information content (AvgIpc) is 2.88. The number of aromatic nitrogens is 3. The van der Waals surface area contributed by atoms with E-state index in [1.54, 1.807) is 9.80 Å². The van der Waals surface area contributed by atoms with Crippen molar-refractivity contribution in [3.05, 3.63) is 47.5 Å². The van der Waals surface area contributed by atoms with E-state index in [1.165, 1.54) is 25.5 Å². The number of amides is 3. The summed E-state index contributed by atoms with van der Waals surface area (Å²) in [5, 5.41) is 5.99. The van der Waals surface area contributed by atoms with Crippen LogP contribution in [0.5, 0.6) is 0 Å². The van der Waals surface area contributed by atoms with Gasteiger partial charge >= 0.3 is 12.2 Å². The van der Waals surface area contributed by atoms with Gasteiger partial charge in [-0.2, -0.15) is 13.2 Å². The second kappa shape index (κ2) is 9.47. The second-order valence-corrected chi connectivity index (χ2v) is 8.81. The van der Waals surface area contributed by atoms with Crippen molar-refractivity contribution in [3.8, 4) is 0 Å². The first-order valence-electron chi connectivity index (χ1n) is 11.8. The second-order valence-electron chi connectivity index (χ2n) is 8.81. The predicted octanol–water partition coefficient (Wildman–Crippen LogP) is 3.10. The van der Waals surface area contributed by atoms with Crippen LogP contribution in [0.4, 0.5) is 35.2 Å². The van der Waals surface area contributed by atoms with E-state index >= 15 is 0 Å². The Bertz CT molecular complexity index is 1370. The third-order valence-electron chi connectivity index (χ3n) is 6.56. The molecule has 0 aliphatic carbocycles. The molecule has 2 aliphatic rings. The molecule has 0 radical (unpaired) electrons. The molecule has 4 heterocycles. The number of pyridine rings is 1. The number of nitrogens with one attached hydrogen (secondary N) is 2. The van der Waals surface area contributed by atoms with Crippen LogP contribution in [0.1, 0.15) is 28.7 Å². The van der Waals surface area contributed by atoms with E-state index in [9.17, 15) is 22.8 Å². The molecule has 37 heavy (non-hydrogen) atoms. The van der Waals surface area contributed by atoms with Gasteiger partial charge in [-0.05, 0) is 36.8 Å². The third kappa shape index (κ3) is 4.61. The maximum absolute atomic E-state index is 13.7. The molecule has 0 unspecified atom stereocenters.